The summed E-state index contributed by atoms with van der Waals surface area (Å²) < 4.78 is 12.9. The molecule has 0 amide bonds. The predicted octanol–water partition coefficient (Wildman–Crippen LogP) is 4.10. The van der Waals surface area contributed by atoms with Gasteiger partial charge in [0.25, 0.3) is 0 Å². The van der Waals surface area contributed by atoms with Crippen LogP contribution in [0, 0.1) is 5.82 Å². The number of rotatable bonds is 4. The van der Waals surface area contributed by atoms with E-state index in [1.807, 2.05) is 6.07 Å². The molecule has 2 rings (SSSR count). The molecule has 0 heterocycles. The Balaban J connectivity index is 2.17. The number of phenolic OH excluding ortho intramolecular Hbond substituents is 1. The zero-order chi connectivity index (χ0) is 13.0. The summed E-state index contributed by atoms with van der Waals surface area (Å²) in [6, 6.07) is 13.5. The van der Waals surface area contributed by atoms with Crippen LogP contribution in [-0.4, -0.2) is 11.0 Å². The number of hydrogen-bond donors (Lipinski definition) is 1. The normalized spacial score (nSPS) is 12.3. The van der Waals surface area contributed by atoms with Crippen LogP contribution < -0.4 is 0 Å². The van der Waals surface area contributed by atoms with E-state index in [9.17, 15) is 9.50 Å². The number of alkyl halides is 1. The van der Waals surface area contributed by atoms with Crippen LogP contribution in [0.3, 0.4) is 0 Å². The quantitative estimate of drug-likeness (QED) is 0.825. The maximum atomic E-state index is 12.9. The number of hydrogen-bond acceptors (Lipinski definition) is 1. The molecule has 2 aromatic carbocycles. The van der Waals surface area contributed by atoms with Gasteiger partial charge in [-0.15, -0.1) is 11.6 Å². The largest absolute Gasteiger partial charge is 0.508 e. The molecule has 0 aliphatic rings. The SMILES string of the molecule is Oc1cccc(CC(CCl)c2ccc(F)cc2)c1. The summed E-state index contributed by atoms with van der Waals surface area (Å²) in [5, 5.41) is 9.42. The van der Waals surface area contributed by atoms with Crippen LogP contribution in [0.5, 0.6) is 5.75 Å². The van der Waals surface area contributed by atoms with Gasteiger partial charge in [0.2, 0.25) is 0 Å². The standard InChI is InChI=1S/C15H14ClFO/c16-10-13(12-4-6-14(17)7-5-12)8-11-2-1-3-15(18)9-11/h1-7,9,13,18H,8,10H2. The molecule has 94 valence electrons. The third-order valence-corrected chi connectivity index (χ3v) is 3.29. The van der Waals surface area contributed by atoms with Crippen LogP contribution in [0.4, 0.5) is 4.39 Å². The molecular weight excluding hydrogens is 251 g/mol. The predicted molar refractivity (Wildman–Crippen MR) is 71.7 cm³/mol. The molecule has 1 N–H and O–H groups in total. The van der Waals surface area contributed by atoms with Gasteiger partial charge in [-0.3, -0.25) is 0 Å². The van der Waals surface area contributed by atoms with Crippen molar-refractivity contribution in [3.63, 3.8) is 0 Å². The highest BCUT2D eigenvalue weighted by atomic mass is 35.5. The summed E-state index contributed by atoms with van der Waals surface area (Å²) in [5.41, 5.74) is 2.03. The van der Waals surface area contributed by atoms with Gasteiger partial charge in [-0.25, -0.2) is 4.39 Å². The second-order valence-electron chi connectivity index (χ2n) is 4.28. The minimum atomic E-state index is -0.246. The molecule has 3 heteroatoms. The molecule has 0 spiro atoms. The summed E-state index contributed by atoms with van der Waals surface area (Å²) in [6.45, 7) is 0. The number of halogens is 2. The molecule has 18 heavy (non-hydrogen) atoms. The highest BCUT2D eigenvalue weighted by Gasteiger charge is 2.11. The zero-order valence-electron chi connectivity index (χ0n) is 9.81. The average Bonchev–Trinajstić information content (AvgIpc) is 2.37. The summed E-state index contributed by atoms with van der Waals surface area (Å²) in [5.74, 6) is 0.583. The third-order valence-electron chi connectivity index (χ3n) is 2.92. The van der Waals surface area contributed by atoms with Crippen molar-refractivity contribution >= 4 is 11.6 Å². The maximum Gasteiger partial charge on any atom is 0.123 e. The van der Waals surface area contributed by atoms with Crippen molar-refractivity contribution in [1.29, 1.82) is 0 Å². The average molecular weight is 265 g/mol. The van der Waals surface area contributed by atoms with Crippen molar-refractivity contribution in [3.05, 3.63) is 65.5 Å². The lowest BCUT2D eigenvalue weighted by molar-refractivity contribution is 0.474. The van der Waals surface area contributed by atoms with Crippen molar-refractivity contribution in [2.24, 2.45) is 0 Å². The topological polar surface area (TPSA) is 20.2 Å². The molecule has 1 unspecified atom stereocenters. The van der Waals surface area contributed by atoms with Crippen LogP contribution in [0.2, 0.25) is 0 Å². The Bertz CT molecular complexity index is 510. The molecular formula is C15H14ClFO. The van der Waals surface area contributed by atoms with Crippen LogP contribution in [0.15, 0.2) is 48.5 Å². The summed E-state index contributed by atoms with van der Waals surface area (Å²) in [6.07, 6.45) is 0.726. The molecule has 1 nitrogen and oxygen atoms in total. The fourth-order valence-corrected chi connectivity index (χ4v) is 2.25. The minimum absolute atomic E-state index is 0.120. The van der Waals surface area contributed by atoms with E-state index in [4.69, 9.17) is 11.6 Å². The van der Waals surface area contributed by atoms with Gasteiger partial charge >= 0.3 is 0 Å². The third kappa shape index (κ3) is 3.23. The first-order chi connectivity index (χ1) is 8.69. The molecule has 0 saturated heterocycles. The van der Waals surface area contributed by atoms with Crippen LogP contribution in [-0.2, 0) is 6.42 Å². The van der Waals surface area contributed by atoms with Gasteiger partial charge in [-0.2, -0.15) is 0 Å². The Labute approximate surface area is 111 Å². The Hall–Kier alpha value is -1.54. The highest BCUT2D eigenvalue weighted by Crippen LogP contribution is 2.24. The van der Waals surface area contributed by atoms with Crippen LogP contribution in [0.25, 0.3) is 0 Å². The second kappa shape index (κ2) is 5.87. The number of phenols is 1. The molecule has 0 aromatic heterocycles. The van der Waals surface area contributed by atoms with E-state index in [2.05, 4.69) is 0 Å². The molecule has 2 aromatic rings. The van der Waals surface area contributed by atoms with Gasteiger partial charge in [0.1, 0.15) is 11.6 Å². The van der Waals surface area contributed by atoms with Gasteiger partial charge < -0.3 is 5.11 Å². The van der Waals surface area contributed by atoms with E-state index in [1.165, 1.54) is 12.1 Å². The van der Waals surface area contributed by atoms with Crippen molar-refractivity contribution in [1.82, 2.24) is 0 Å². The molecule has 0 aliphatic carbocycles. The molecule has 0 fully saturated rings. The number of benzene rings is 2. The lowest BCUT2D eigenvalue weighted by atomic mass is 9.93. The fraction of sp³-hybridized carbons (Fsp3) is 0.200. The molecule has 0 aliphatic heterocycles. The van der Waals surface area contributed by atoms with Gasteiger partial charge in [0.15, 0.2) is 0 Å². The smallest absolute Gasteiger partial charge is 0.123 e. The first kappa shape index (κ1) is 12.9. The molecule has 0 saturated carbocycles. The maximum absolute atomic E-state index is 12.9. The van der Waals surface area contributed by atoms with Crippen molar-refractivity contribution in [2.75, 3.05) is 5.88 Å². The minimum Gasteiger partial charge on any atom is -0.508 e. The van der Waals surface area contributed by atoms with E-state index in [-0.39, 0.29) is 17.5 Å². The first-order valence-electron chi connectivity index (χ1n) is 5.78. The summed E-state index contributed by atoms with van der Waals surface area (Å²) in [4.78, 5) is 0. The Morgan fingerprint density at radius 2 is 1.83 bits per heavy atom. The zero-order valence-corrected chi connectivity index (χ0v) is 10.6. The first-order valence-corrected chi connectivity index (χ1v) is 6.32. The monoisotopic (exact) mass is 264 g/mol. The van der Waals surface area contributed by atoms with Crippen LogP contribution >= 0.6 is 11.6 Å². The second-order valence-corrected chi connectivity index (χ2v) is 4.59. The Kier molecular flexibility index (Phi) is 4.21. The van der Waals surface area contributed by atoms with Gasteiger partial charge in [0.05, 0.1) is 0 Å². The van der Waals surface area contributed by atoms with Crippen LogP contribution in [0.1, 0.15) is 17.0 Å². The summed E-state index contributed by atoms with van der Waals surface area (Å²) >= 11 is 5.98. The Morgan fingerprint density at radius 1 is 1.11 bits per heavy atom. The van der Waals surface area contributed by atoms with E-state index in [0.717, 1.165) is 17.5 Å². The van der Waals surface area contributed by atoms with E-state index in [1.54, 1.807) is 30.3 Å². The number of aromatic hydroxyl groups is 1. The van der Waals surface area contributed by atoms with Crippen molar-refractivity contribution in [2.45, 2.75) is 12.3 Å². The van der Waals surface area contributed by atoms with Gasteiger partial charge in [0, 0.05) is 11.8 Å². The van der Waals surface area contributed by atoms with E-state index >= 15 is 0 Å². The molecule has 1 atom stereocenters. The molecule has 0 bridgehead atoms. The lowest BCUT2D eigenvalue weighted by Crippen LogP contribution is -2.04. The van der Waals surface area contributed by atoms with Gasteiger partial charge in [-0.1, -0.05) is 24.3 Å². The van der Waals surface area contributed by atoms with Gasteiger partial charge in [-0.05, 0) is 41.8 Å². The lowest BCUT2D eigenvalue weighted by Gasteiger charge is -2.14. The van der Waals surface area contributed by atoms with Crippen molar-refractivity contribution in [3.8, 4) is 5.75 Å². The van der Waals surface area contributed by atoms with Crippen molar-refractivity contribution < 1.29 is 9.50 Å². The van der Waals surface area contributed by atoms with E-state index in [0.29, 0.717) is 5.88 Å². The molecule has 0 radical (unpaired) electrons. The van der Waals surface area contributed by atoms with E-state index < -0.39 is 0 Å². The Morgan fingerprint density at radius 3 is 2.44 bits per heavy atom. The summed E-state index contributed by atoms with van der Waals surface area (Å²) in [7, 11) is 0. The fourth-order valence-electron chi connectivity index (χ4n) is 1.96. The highest BCUT2D eigenvalue weighted by molar-refractivity contribution is 6.18.